The van der Waals surface area contributed by atoms with E-state index in [0.29, 0.717) is 28.7 Å². The number of nitrogens with one attached hydrogen (secondary N) is 2. The van der Waals surface area contributed by atoms with Crippen LogP contribution in [0.2, 0.25) is 10.0 Å². The summed E-state index contributed by atoms with van der Waals surface area (Å²) >= 11 is 12.0. The zero-order chi connectivity index (χ0) is 19.6. The summed E-state index contributed by atoms with van der Waals surface area (Å²) in [5, 5.41) is 6.37. The van der Waals surface area contributed by atoms with E-state index in [0.717, 1.165) is 39.3 Å². The van der Waals surface area contributed by atoms with Gasteiger partial charge >= 0.3 is 0 Å². The Morgan fingerprint density at radius 3 is 2.63 bits per heavy atom. The van der Waals surface area contributed by atoms with Gasteiger partial charge in [0.15, 0.2) is 0 Å². The number of hydrogen-bond donors (Lipinski definition) is 2. The molecular formula is C19H27Cl2N3O3. The molecule has 1 fully saturated rings. The average Bonchev–Trinajstić information content (AvgIpc) is 2.63. The minimum Gasteiger partial charge on any atom is -0.379 e. The zero-order valence-corrected chi connectivity index (χ0v) is 17.1. The van der Waals surface area contributed by atoms with Gasteiger partial charge in [-0.15, -0.1) is 0 Å². The van der Waals surface area contributed by atoms with Crippen LogP contribution in [-0.2, 0) is 14.3 Å². The molecule has 0 bridgehead atoms. The van der Waals surface area contributed by atoms with Gasteiger partial charge in [0, 0.05) is 32.5 Å². The first-order valence-electron chi connectivity index (χ1n) is 9.26. The fourth-order valence-electron chi connectivity index (χ4n) is 2.93. The summed E-state index contributed by atoms with van der Waals surface area (Å²) in [6.07, 6.45) is 1.46. The molecule has 1 aromatic rings. The molecule has 1 saturated heterocycles. The van der Waals surface area contributed by atoms with E-state index in [2.05, 4.69) is 15.5 Å². The lowest BCUT2D eigenvalue weighted by atomic mass is 10.0. The molecule has 2 N–H and O–H groups in total. The number of amides is 2. The summed E-state index contributed by atoms with van der Waals surface area (Å²) in [6, 6.07) is 5.07. The number of anilines is 1. The molecule has 1 aliphatic heterocycles. The Bertz CT molecular complexity index is 637. The Kier molecular flexibility index (Phi) is 9.34. The van der Waals surface area contributed by atoms with Crippen LogP contribution < -0.4 is 10.6 Å². The molecule has 1 heterocycles. The van der Waals surface area contributed by atoms with Crippen molar-refractivity contribution in [3.8, 4) is 0 Å². The number of carbonyl (C=O) groups is 2. The maximum atomic E-state index is 12.1. The first kappa shape index (κ1) is 22.0. The number of hydrogen-bond acceptors (Lipinski definition) is 4. The molecule has 2 amide bonds. The highest BCUT2D eigenvalue weighted by Crippen LogP contribution is 2.29. The van der Waals surface area contributed by atoms with Crippen molar-refractivity contribution in [1.29, 1.82) is 0 Å². The van der Waals surface area contributed by atoms with Gasteiger partial charge in [0.05, 0.1) is 28.9 Å². The van der Waals surface area contributed by atoms with Crippen molar-refractivity contribution in [2.24, 2.45) is 5.92 Å². The largest absolute Gasteiger partial charge is 0.379 e. The number of morpholine rings is 1. The van der Waals surface area contributed by atoms with Crippen LogP contribution >= 0.6 is 23.2 Å². The molecule has 0 aliphatic carbocycles. The molecule has 0 spiro atoms. The zero-order valence-electron chi connectivity index (χ0n) is 15.6. The molecule has 1 aromatic carbocycles. The second kappa shape index (κ2) is 11.5. The topological polar surface area (TPSA) is 70.7 Å². The second-order valence-electron chi connectivity index (χ2n) is 6.82. The van der Waals surface area contributed by atoms with E-state index in [1.165, 1.54) is 0 Å². The van der Waals surface area contributed by atoms with E-state index >= 15 is 0 Å². The van der Waals surface area contributed by atoms with Crippen LogP contribution in [0.5, 0.6) is 0 Å². The summed E-state index contributed by atoms with van der Waals surface area (Å²) in [6.45, 7) is 6.97. The van der Waals surface area contributed by atoms with E-state index in [-0.39, 0.29) is 24.2 Å². The summed E-state index contributed by atoms with van der Waals surface area (Å²) in [7, 11) is 0. The Balaban J connectivity index is 1.62. The summed E-state index contributed by atoms with van der Waals surface area (Å²) in [5.41, 5.74) is 0.480. The van der Waals surface area contributed by atoms with E-state index in [1.807, 2.05) is 6.92 Å². The van der Waals surface area contributed by atoms with Gasteiger partial charge in [0.2, 0.25) is 11.8 Å². The monoisotopic (exact) mass is 415 g/mol. The molecule has 0 radical (unpaired) electrons. The Labute approximate surface area is 170 Å². The molecule has 2 rings (SSSR count). The standard InChI is InChI=1S/C19H27Cl2N3O3/c1-14(13-18(26)23-16-5-2-4-15(20)19(16)21)12-17(25)22-6-3-7-24-8-10-27-11-9-24/h2,4-5,14H,3,6-13H2,1H3,(H,22,25)(H,23,26)/t14-/m1/s1. The molecule has 6 nitrogen and oxygen atoms in total. The van der Waals surface area contributed by atoms with Crippen LogP contribution in [0, 0.1) is 5.92 Å². The Morgan fingerprint density at radius 2 is 1.89 bits per heavy atom. The van der Waals surface area contributed by atoms with E-state index in [1.54, 1.807) is 18.2 Å². The number of rotatable bonds is 9. The van der Waals surface area contributed by atoms with Gasteiger partial charge < -0.3 is 15.4 Å². The molecule has 150 valence electrons. The maximum absolute atomic E-state index is 12.1. The molecule has 8 heteroatoms. The van der Waals surface area contributed by atoms with Gasteiger partial charge in [-0.2, -0.15) is 0 Å². The van der Waals surface area contributed by atoms with Crippen molar-refractivity contribution in [2.75, 3.05) is 44.7 Å². The van der Waals surface area contributed by atoms with Gasteiger partial charge in [0.25, 0.3) is 0 Å². The van der Waals surface area contributed by atoms with Gasteiger partial charge in [0.1, 0.15) is 0 Å². The lowest BCUT2D eigenvalue weighted by Crippen LogP contribution is -2.38. The SMILES string of the molecule is C[C@H](CC(=O)NCCCN1CCOCC1)CC(=O)Nc1cccc(Cl)c1Cl. The van der Waals surface area contributed by atoms with E-state index < -0.39 is 0 Å². The normalized spacial score (nSPS) is 16.0. The quantitative estimate of drug-likeness (QED) is 0.607. The highest BCUT2D eigenvalue weighted by atomic mass is 35.5. The Hall–Kier alpha value is -1.34. The van der Waals surface area contributed by atoms with Gasteiger partial charge in [-0.3, -0.25) is 14.5 Å². The predicted octanol–water partition coefficient (Wildman–Crippen LogP) is 3.19. The molecule has 0 saturated carbocycles. The lowest BCUT2D eigenvalue weighted by molar-refractivity contribution is -0.122. The maximum Gasteiger partial charge on any atom is 0.224 e. The minimum absolute atomic E-state index is 0.0296. The first-order chi connectivity index (χ1) is 13.0. The van der Waals surface area contributed by atoms with E-state index in [9.17, 15) is 9.59 Å². The van der Waals surface area contributed by atoms with Crippen molar-refractivity contribution in [2.45, 2.75) is 26.2 Å². The average molecular weight is 416 g/mol. The molecule has 27 heavy (non-hydrogen) atoms. The fourth-order valence-corrected chi connectivity index (χ4v) is 3.28. The number of benzene rings is 1. The van der Waals surface area contributed by atoms with Gasteiger partial charge in [-0.1, -0.05) is 36.2 Å². The van der Waals surface area contributed by atoms with Gasteiger partial charge in [-0.05, 0) is 31.0 Å². The summed E-state index contributed by atoms with van der Waals surface area (Å²) in [4.78, 5) is 26.5. The van der Waals surface area contributed by atoms with Crippen LogP contribution in [-0.4, -0.2) is 56.1 Å². The number of halogens is 2. The van der Waals surface area contributed by atoms with Crippen LogP contribution in [0.1, 0.15) is 26.2 Å². The lowest BCUT2D eigenvalue weighted by Gasteiger charge is -2.26. The summed E-state index contributed by atoms with van der Waals surface area (Å²) in [5.74, 6) is -0.285. The second-order valence-corrected chi connectivity index (χ2v) is 7.61. The van der Waals surface area contributed by atoms with Crippen LogP contribution in [0.15, 0.2) is 18.2 Å². The molecule has 0 aromatic heterocycles. The van der Waals surface area contributed by atoms with Crippen molar-refractivity contribution < 1.29 is 14.3 Å². The first-order valence-corrected chi connectivity index (χ1v) is 10.0. The van der Waals surface area contributed by atoms with Crippen molar-refractivity contribution in [3.63, 3.8) is 0 Å². The third kappa shape index (κ3) is 8.05. The van der Waals surface area contributed by atoms with Crippen molar-refractivity contribution >= 4 is 40.7 Å². The highest BCUT2D eigenvalue weighted by Gasteiger charge is 2.15. The molecule has 1 atom stereocenters. The number of ether oxygens (including phenoxy) is 1. The summed E-state index contributed by atoms with van der Waals surface area (Å²) < 4.78 is 5.31. The molecular weight excluding hydrogens is 389 g/mol. The smallest absolute Gasteiger partial charge is 0.224 e. The predicted molar refractivity (Wildman–Crippen MR) is 108 cm³/mol. The minimum atomic E-state index is -0.188. The third-order valence-corrected chi connectivity index (χ3v) is 5.19. The fraction of sp³-hybridized carbons (Fsp3) is 0.579. The molecule has 1 aliphatic rings. The highest BCUT2D eigenvalue weighted by molar-refractivity contribution is 6.43. The molecule has 0 unspecified atom stereocenters. The Morgan fingerprint density at radius 1 is 1.19 bits per heavy atom. The van der Waals surface area contributed by atoms with Crippen LogP contribution in [0.3, 0.4) is 0 Å². The van der Waals surface area contributed by atoms with E-state index in [4.69, 9.17) is 27.9 Å². The number of carbonyl (C=O) groups excluding carboxylic acids is 2. The van der Waals surface area contributed by atoms with Crippen LogP contribution in [0.25, 0.3) is 0 Å². The third-order valence-electron chi connectivity index (χ3n) is 4.37. The van der Waals surface area contributed by atoms with Crippen molar-refractivity contribution in [1.82, 2.24) is 10.2 Å². The van der Waals surface area contributed by atoms with Crippen LogP contribution in [0.4, 0.5) is 5.69 Å². The van der Waals surface area contributed by atoms with Crippen molar-refractivity contribution in [3.05, 3.63) is 28.2 Å². The number of nitrogens with zero attached hydrogens (tertiary/aromatic N) is 1. The van der Waals surface area contributed by atoms with Gasteiger partial charge in [-0.25, -0.2) is 0 Å².